The van der Waals surface area contributed by atoms with E-state index in [-0.39, 0.29) is 5.78 Å². The van der Waals surface area contributed by atoms with Gasteiger partial charge in [-0.2, -0.15) is 0 Å². The van der Waals surface area contributed by atoms with Gasteiger partial charge in [-0.15, -0.1) is 0 Å². The molecular weight excluding hydrogens is 188 g/mol. The Balaban J connectivity index is 2.38. The van der Waals surface area contributed by atoms with Gasteiger partial charge in [0.2, 0.25) is 0 Å². The summed E-state index contributed by atoms with van der Waals surface area (Å²) in [6.07, 6.45) is 1.97. The molecule has 2 nitrogen and oxygen atoms in total. The lowest BCUT2D eigenvalue weighted by Crippen LogP contribution is -2.19. The molecule has 0 unspecified atom stereocenters. The number of hydrogen-bond donors (Lipinski definition) is 0. The average Bonchev–Trinajstić information content (AvgIpc) is 2.22. The average molecular weight is 202 g/mol. The Labute approximate surface area is 89.6 Å². The van der Waals surface area contributed by atoms with E-state index < -0.39 is 0 Å². The molecule has 1 aromatic rings. The first-order valence-electron chi connectivity index (χ1n) is 5.15. The van der Waals surface area contributed by atoms with Crippen LogP contribution in [0.15, 0.2) is 35.9 Å². The quantitative estimate of drug-likeness (QED) is 0.654. The van der Waals surface area contributed by atoms with Crippen LogP contribution in [0, 0.1) is 5.92 Å². The largest absolute Gasteiger partial charge is 0.488 e. The standard InChI is InChI=1S/C13H14O2/c1-9(2)7-10-8-15-12-6-4-3-5-11(12)13(10)14/h3-7,9H,8H2,1-2H3. The third-order valence-electron chi connectivity index (χ3n) is 2.34. The number of para-hydroxylation sites is 1. The maximum absolute atomic E-state index is 12.0. The number of benzene rings is 1. The number of ether oxygens (including phenoxy) is 1. The zero-order chi connectivity index (χ0) is 10.8. The van der Waals surface area contributed by atoms with Crippen molar-refractivity contribution in [2.75, 3.05) is 6.61 Å². The van der Waals surface area contributed by atoms with E-state index in [4.69, 9.17) is 4.74 Å². The summed E-state index contributed by atoms with van der Waals surface area (Å²) in [7, 11) is 0. The van der Waals surface area contributed by atoms with Crippen molar-refractivity contribution in [3.8, 4) is 5.75 Å². The number of carbonyl (C=O) groups excluding carboxylic acids is 1. The van der Waals surface area contributed by atoms with Crippen LogP contribution in [0.1, 0.15) is 24.2 Å². The van der Waals surface area contributed by atoms with Gasteiger partial charge in [-0.05, 0) is 18.1 Å². The first kappa shape index (κ1) is 9.97. The molecule has 0 spiro atoms. The van der Waals surface area contributed by atoms with Crippen LogP contribution >= 0.6 is 0 Å². The maximum Gasteiger partial charge on any atom is 0.195 e. The minimum absolute atomic E-state index is 0.102. The van der Waals surface area contributed by atoms with Gasteiger partial charge in [-0.1, -0.05) is 32.1 Å². The van der Waals surface area contributed by atoms with Crippen molar-refractivity contribution in [3.05, 3.63) is 41.5 Å². The van der Waals surface area contributed by atoms with Crippen molar-refractivity contribution < 1.29 is 9.53 Å². The van der Waals surface area contributed by atoms with E-state index in [1.54, 1.807) is 0 Å². The van der Waals surface area contributed by atoms with Crippen LogP contribution in [0.3, 0.4) is 0 Å². The van der Waals surface area contributed by atoms with Gasteiger partial charge in [0.25, 0.3) is 0 Å². The number of rotatable bonds is 1. The number of ketones is 1. The molecule has 0 radical (unpaired) electrons. The highest BCUT2D eigenvalue weighted by atomic mass is 16.5. The molecule has 0 saturated carbocycles. The van der Waals surface area contributed by atoms with E-state index in [1.807, 2.05) is 30.3 Å². The van der Waals surface area contributed by atoms with Gasteiger partial charge in [-0.3, -0.25) is 4.79 Å². The summed E-state index contributed by atoms with van der Waals surface area (Å²) >= 11 is 0. The molecule has 1 heterocycles. The molecule has 0 amide bonds. The SMILES string of the molecule is CC(C)C=C1COc2ccccc2C1=O. The van der Waals surface area contributed by atoms with E-state index in [0.29, 0.717) is 23.8 Å². The lowest BCUT2D eigenvalue weighted by atomic mass is 9.98. The summed E-state index contributed by atoms with van der Waals surface area (Å²) in [5.41, 5.74) is 1.44. The molecule has 1 aliphatic rings. The number of carbonyl (C=O) groups is 1. The number of allylic oxidation sites excluding steroid dienone is 1. The van der Waals surface area contributed by atoms with Gasteiger partial charge >= 0.3 is 0 Å². The molecule has 15 heavy (non-hydrogen) atoms. The van der Waals surface area contributed by atoms with Crippen LogP contribution in [-0.4, -0.2) is 12.4 Å². The second-order valence-electron chi connectivity index (χ2n) is 4.05. The van der Waals surface area contributed by atoms with Gasteiger partial charge in [0.1, 0.15) is 12.4 Å². The summed E-state index contributed by atoms with van der Waals surface area (Å²) in [6.45, 7) is 4.51. The Morgan fingerprint density at radius 3 is 2.80 bits per heavy atom. The Hall–Kier alpha value is -1.57. The van der Waals surface area contributed by atoms with Crippen LogP contribution in [0.5, 0.6) is 5.75 Å². The highest BCUT2D eigenvalue weighted by Gasteiger charge is 2.22. The van der Waals surface area contributed by atoms with Crippen molar-refractivity contribution in [2.45, 2.75) is 13.8 Å². The second kappa shape index (κ2) is 3.89. The van der Waals surface area contributed by atoms with Crippen LogP contribution in [0.2, 0.25) is 0 Å². The summed E-state index contributed by atoms with van der Waals surface area (Å²) in [5.74, 6) is 1.17. The minimum Gasteiger partial charge on any atom is -0.488 e. The molecule has 1 aliphatic heterocycles. The first-order chi connectivity index (χ1) is 7.18. The predicted molar refractivity (Wildman–Crippen MR) is 59.2 cm³/mol. The molecule has 0 fully saturated rings. The maximum atomic E-state index is 12.0. The number of hydrogen-bond acceptors (Lipinski definition) is 2. The van der Waals surface area contributed by atoms with E-state index >= 15 is 0 Å². The van der Waals surface area contributed by atoms with Crippen molar-refractivity contribution in [3.63, 3.8) is 0 Å². The fourth-order valence-corrected chi connectivity index (χ4v) is 1.70. The fourth-order valence-electron chi connectivity index (χ4n) is 1.70. The zero-order valence-electron chi connectivity index (χ0n) is 8.99. The number of Topliss-reactive ketones (excluding diaryl/α,β-unsaturated/α-hetero) is 1. The molecule has 0 saturated heterocycles. The van der Waals surface area contributed by atoms with Crippen LogP contribution < -0.4 is 4.74 Å². The van der Waals surface area contributed by atoms with Gasteiger partial charge in [-0.25, -0.2) is 0 Å². The Morgan fingerprint density at radius 2 is 2.07 bits per heavy atom. The first-order valence-corrected chi connectivity index (χ1v) is 5.15. The monoisotopic (exact) mass is 202 g/mol. The molecule has 0 aliphatic carbocycles. The lowest BCUT2D eigenvalue weighted by Gasteiger charge is -2.18. The van der Waals surface area contributed by atoms with Crippen molar-refractivity contribution in [1.29, 1.82) is 0 Å². The third-order valence-corrected chi connectivity index (χ3v) is 2.34. The molecule has 0 aromatic heterocycles. The summed E-state index contributed by atoms with van der Waals surface area (Å²) in [4.78, 5) is 12.0. The normalized spacial score (nSPS) is 17.8. The third kappa shape index (κ3) is 1.94. The Morgan fingerprint density at radius 1 is 1.33 bits per heavy atom. The van der Waals surface area contributed by atoms with E-state index in [9.17, 15) is 4.79 Å². The zero-order valence-corrected chi connectivity index (χ0v) is 8.99. The smallest absolute Gasteiger partial charge is 0.195 e. The summed E-state index contributed by atoms with van der Waals surface area (Å²) in [5, 5.41) is 0. The van der Waals surface area contributed by atoms with Gasteiger partial charge < -0.3 is 4.74 Å². The molecule has 2 rings (SSSR count). The molecule has 1 aromatic carbocycles. The fraction of sp³-hybridized carbons (Fsp3) is 0.308. The van der Waals surface area contributed by atoms with Crippen LogP contribution in [0.25, 0.3) is 0 Å². The number of fused-ring (bicyclic) bond motifs is 1. The molecular formula is C13H14O2. The van der Waals surface area contributed by atoms with Crippen molar-refractivity contribution in [2.24, 2.45) is 5.92 Å². The molecule has 0 N–H and O–H groups in total. The molecule has 78 valence electrons. The summed E-state index contributed by atoms with van der Waals surface area (Å²) in [6, 6.07) is 7.38. The van der Waals surface area contributed by atoms with Gasteiger partial charge in [0, 0.05) is 5.57 Å². The van der Waals surface area contributed by atoms with E-state index in [0.717, 1.165) is 5.57 Å². The Kier molecular flexibility index (Phi) is 2.58. The second-order valence-corrected chi connectivity index (χ2v) is 4.05. The van der Waals surface area contributed by atoms with Crippen molar-refractivity contribution >= 4 is 5.78 Å². The van der Waals surface area contributed by atoms with Gasteiger partial charge in [0.05, 0.1) is 5.56 Å². The van der Waals surface area contributed by atoms with Crippen LogP contribution in [-0.2, 0) is 0 Å². The minimum atomic E-state index is 0.102. The Bertz CT molecular complexity index is 416. The van der Waals surface area contributed by atoms with Crippen LogP contribution in [0.4, 0.5) is 0 Å². The van der Waals surface area contributed by atoms with Gasteiger partial charge in [0.15, 0.2) is 5.78 Å². The lowest BCUT2D eigenvalue weighted by molar-refractivity contribution is 0.0998. The van der Waals surface area contributed by atoms with E-state index in [1.165, 1.54) is 0 Å². The highest BCUT2D eigenvalue weighted by Crippen LogP contribution is 2.26. The van der Waals surface area contributed by atoms with E-state index in [2.05, 4.69) is 13.8 Å². The molecule has 2 heteroatoms. The van der Waals surface area contributed by atoms with Crippen molar-refractivity contribution in [1.82, 2.24) is 0 Å². The summed E-state index contributed by atoms with van der Waals surface area (Å²) < 4.78 is 5.52. The molecule has 0 bridgehead atoms. The molecule has 0 atom stereocenters. The topological polar surface area (TPSA) is 26.3 Å². The predicted octanol–water partition coefficient (Wildman–Crippen LogP) is 2.84. The highest BCUT2D eigenvalue weighted by molar-refractivity contribution is 6.11.